The third-order valence-corrected chi connectivity index (χ3v) is 9.49. The fraction of sp³-hybridized carbons (Fsp3) is 0.698. The van der Waals surface area contributed by atoms with E-state index < -0.39 is 35.8 Å². The van der Waals surface area contributed by atoms with Crippen LogP contribution in [-0.2, 0) is 117 Å². The van der Waals surface area contributed by atoms with Crippen LogP contribution in [0, 0.1) is 0 Å². The molecule has 0 aromatic carbocycles. The second kappa shape index (κ2) is 140. The largest absolute Gasteiger partial charge is 0.481 e. The van der Waals surface area contributed by atoms with Crippen molar-refractivity contribution < 1.29 is 157 Å². The van der Waals surface area contributed by atoms with Crippen LogP contribution in [0.15, 0.2) is 0 Å². The van der Waals surface area contributed by atoms with Gasteiger partial charge in [0.1, 0.15) is 41.6 Å². The van der Waals surface area contributed by atoms with Gasteiger partial charge in [0.2, 0.25) is 0 Å². The smallest absolute Gasteiger partial charge is 0.313 e. The van der Waals surface area contributed by atoms with Crippen LogP contribution in [0.5, 0.6) is 0 Å². The quantitative estimate of drug-likeness (QED) is 0.0123. The van der Waals surface area contributed by atoms with Crippen LogP contribution in [0.1, 0.15) is 20.3 Å². The molecule has 28 nitrogen and oxygen atoms in total. The molecule has 0 rings (SSSR count). The molecule has 0 radical (unpaired) electrons. The van der Waals surface area contributed by atoms with Gasteiger partial charge in [-0.2, -0.15) is 71.4 Å². The molecule has 0 spiro atoms. The molecule has 0 fully saturated rings. The molecule has 0 saturated carbocycles. The molecule has 0 aliphatic carbocycles. The summed E-state index contributed by atoms with van der Waals surface area (Å²) in [6.07, 6.45) is 21.6. The summed E-state index contributed by atoms with van der Waals surface area (Å²) in [5.41, 5.74) is 0. The van der Waals surface area contributed by atoms with Crippen molar-refractivity contribution in [3.63, 3.8) is 0 Å². The van der Waals surface area contributed by atoms with Crippen LogP contribution in [0.3, 0.4) is 0 Å². The zero-order valence-electron chi connectivity index (χ0n) is 49.5. The number of carbonyl (C=O) groups is 13. The number of aliphatic carboxylic acids is 6. The van der Waals surface area contributed by atoms with E-state index in [1.807, 2.05) is 43.8 Å². The molecule has 0 heterocycles. The Balaban J connectivity index is -0.0000000477. The minimum absolute atomic E-state index is 0. The Kier molecular flexibility index (Phi) is 199. The average molecular weight is 1670 g/mol. The number of hydrogen-bond donors (Lipinski definition) is 9. The second-order valence-corrected chi connectivity index (χ2v) is 21.6. The Morgan fingerprint density at radius 2 is 0.435 bits per heavy atom. The summed E-state index contributed by atoms with van der Waals surface area (Å²) in [6, 6.07) is 0. The number of thiol groups is 1. The van der Waals surface area contributed by atoms with Gasteiger partial charge >= 0.3 is 35.8 Å². The van der Waals surface area contributed by atoms with Gasteiger partial charge in [0.05, 0.1) is 46.7 Å². The summed E-state index contributed by atoms with van der Waals surface area (Å²) < 4.78 is 29.9. The number of aliphatic hydroxyl groups excluding tert-OH is 2. The van der Waals surface area contributed by atoms with Crippen LogP contribution in [-0.4, -0.2) is 285 Å². The SMILES string of the molecule is CC(O)CC(C)O.CSCC(=O)O.CSCC(=O)O.CSCC(=O)O.CSCC(=O)O.CSCC(=O)O.CSCOC=O.CSCOC=O.CSCOC=O.CSCOC=O.CSCOC=O.CSCOC=O.CSCOC=O.O=C(O)CS.[Pt]. The molecule has 42 heteroatoms. The zero-order chi connectivity index (χ0) is 68.9. The van der Waals surface area contributed by atoms with Crippen LogP contribution in [0.2, 0.25) is 0 Å². The van der Waals surface area contributed by atoms with E-state index in [0.717, 1.165) is 0 Å². The topological polar surface area (TPSA) is 448 Å². The van der Waals surface area contributed by atoms with Gasteiger partial charge in [0.25, 0.3) is 45.3 Å². The Hall–Kier alpha value is -1.73. The number of thioether (sulfide) groups is 12. The first kappa shape index (κ1) is 121. The Labute approximate surface area is 570 Å². The molecule has 0 aromatic heterocycles. The third-order valence-electron chi connectivity index (χ3n) is 3.93. The van der Waals surface area contributed by atoms with Crippen LogP contribution in [0.4, 0.5) is 0 Å². The third kappa shape index (κ3) is 327. The summed E-state index contributed by atoms with van der Waals surface area (Å²) in [6.45, 7) is 6.41. The zero-order valence-corrected chi connectivity index (χ0v) is 62.5. The first-order valence-corrected chi connectivity index (χ1v) is 38.5. The summed E-state index contributed by atoms with van der Waals surface area (Å²) in [4.78, 5) is 122. The predicted molar refractivity (Wildman–Crippen MR) is 358 cm³/mol. The molecular weight excluding hydrogens is 1580 g/mol. The number of carboxylic acids is 6. The summed E-state index contributed by atoms with van der Waals surface area (Å²) in [5, 5.41) is 64.2. The van der Waals surface area contributed by atoms with E-state index in [9.17, 15) is 62.3 Å². The average Bonchev–Trinajstić information content (AvgIpc) is 3.42. The number of carbonyl (C=O) groups excluding carboxylic acids is 7. The minimum Gasteiger partial charge on any atom is -0.481 e. The maximum atomic E-state index is 9.58. The molecule has 0 bridgehead atoms. The van der Waals surface area contributed by atoms with E-state index in [-0.39, 0.29) is 67.8 Å². The Morgan fingerprint density at radius 1 is 0.318 bits per heavy atom. The van der Waals surface area contributed by atoms with Gasteiger partial charge in [-0.1, -0.05) is 0 Å². The normalized spacial score (nSPS) is 8.58. The monoisotopic (exact) mass is 1660 g/mol. The van der Waals surface area contributed by atoms with E-state index in [4.69, 9.17) is 40.9 Å². The molecule has 516 valence electrons. The van der Waals surface area contributed by atoms with Crippen molar-refractivity contribution in [2.45, 2.75) is 32.5 Å². The molecule has 2 atom stereocenters. The minimum atomic E-state index is -0.881. The second-order valence-electron chi connectivity index (χ2n) is 11.3. The standard InChI is InChI=1S/C5H12O2.12C3H6O2S.C2H4O2S.Pt/c1-4(6)3-5(2)7;7*1-6-3-5-2-4;5*1-6-2-3(4)5;3-2(4)1-5;/h4-7H,3H2,1-2H3;7*2H,3H2,1H3;5*2H2,1H3,(H,4,5);5H,1H2,(H,3,4);. The Morgan fingerprint density at radius 3 is 0.447 bits per heavy atom. The maximum Gasteiger partial charge on any atom is 0.313 e. The summed E-state index contributed by atoms with van der Waals surface area (Å²) >= 11 is 20.3. The van der Waals surface area contributed by atoms with Gasteiger partial charge in [-0.05, 0) is 95.3 Å². The van der Waals surface area contributed by atoms with Gasteiger partial charge in [0, 0.05) is 21.1 Å². The van der Waals surface area contributed by atoms with Crippen LogP contribution in [0.25, 0.3) is 0 Å². The van der Waals surface area contributed by atoms with E-state index >= 15 is 0 Å². The number of hydrogen-bond acceptors (Lipinski definition) is 35. The fourth-order valence-corrected chi connectivity index (χ4v) is 4.36. The van der Waals surface area contributed by atoms with Gasteiger partial charge in [-0.15, -0.1) is 82.3 Å². The summed E-state index contributed by atoms with van der Waals surface area (Å²) in [7, 11) is 0. The predicted octanol–water partition coefficient (Wildman–Crippen LogP) is 5.67. The molecule has 0 aromatic rings. The van der Waals surface area contributed by atoms with Crippen molar-refractivity contribution in [1.29, 1.82) is 0 Å². The van der Waals surface area contributed by atoms with Crippen molar-refractivity contribution in [1.82, 2.24) is 0 Å². The molecule has 8 N–H and O–H groups in total. The van der Waals surface area contributed by atoms with E-state index in [0.29, 0.717) is 93.3 Å². The van der Waals surface area contributed by atoms with Crippen molar-refractivity contribution in [2.75, 3.05) is 151 Å². The van der Waals surface area contributed by atoms with Gasteiger partial charge in [-0.25, -0.2) is 0 Å². The van der Waals surface area contributed by atoms with Gasteiger partial charge in [-0.3, -0.25) is 62.3 Å². The first-order chi connectivity index (χ1) is 39.6. The van der Waals surface area contributed by atoms with Crippen molar-refractivity contribution in [3.05, 3.63) is 0 Å². The van der Waals surface area contributed by atoms with E-state index in [2.05, 4.69) is 45.8 Å². The maximum absolute atomic E-state index is 9.58. The van der Waals surface area contributed by atoms with E-state index in [1.165, 1.54) is 141 Å². The molecular formula is C43H88O28PtS13. The molecule has 0 aliphatic rings. The molecule has 85 heavy (non-hydrogen) atoms. The molecule has 0 amide bonds. The Bertz CT molecular complexity index is 1130. The van der Waals surface area contributed by atoms with Gasteiger partial charge in [0.15, 0.2) is 0 Å². The van der Waals surface area contributed by atoms with Crippen molar-refractivity contribution >= 4 is 235 Å². The van der Waals surface area contributed by atoms with Crippen molar-refractivity contribution in [2.24, 2.45) is 0 Å². The van der Waals surface area contributed by atoms with E-state index in [1.54, 1.807) is 45.1 Å². The number of rotatable bonds is 34. The van der Waals surface area contributed by atoms with Crippen LogP contribution < -0.4 is 0 Å². The van der Waals surface area contributed by atoms with Crippen LogP contribution >= 0.6 is 154 Å². The molecule has 0 aliphatic heterocycles. The van der Waals surface area contributed by atoms with Gasteiger partial charge < -0.3 is 74.0 Å². The molecule has 2 unspecified atom stereocenters. The summed E-state index contributed by atoms with van der Waals surface area (Å²) in [5.74, 6) is -0.429. The fourth-order valence-electron chi connectivity index (χ4n) is 1.78. The number of ether oxygens (including phenoxy) is 7. The molecule has 0 saturated heterocycles. The number of aliphatic hydroxyl groups is 2. The van der Waals surface area contributed by atoms with Crippen molar-refractivity contribution in [3.8, 4) is 0 Å². The first-order valence-electron chi connectivity index (χ1n) is 21.2. The number of carboxylic acid groups (broad SMARTS) is 6.